The van der Waals surface area contributed by atoms with E-state index in [0.29, 0.717) is 10.0 Å². The molecule has 18 heavy (non-hydrogen) atoms. The van der Waals surface area contributed by atoms with Crippen LogP contribution in [0.2, 0.25) is 10.0 Å². The van der Waals surface area contributed by atoms with E-state index in [0.717, 1.165) is 22.6 Å². The van der Waals surface area contributed by atoms with Crippen molar-refractivity contribution in [2.45, 2.75) is 19.9 Å². The van der Waals surface area contributed by atoms with Gasteiger partial charge in [-0.1, -0.05) is 35.3 Å². The van der Waals surface area contributed by atoms with Crippen molar-refractivity contribution in [3.63, 3.8) is 0 Å². The normalized spacial score (nSPS) is 12.7. The molecule has 0 aliphatic rings. The Morgan fingerprint density at radius 3 is 2.44 bits per heavy atom. The number of aryl methyl sites for hydroxylation is 2. The number of hydrogen-bond acceptors (Lipinski definition) is 2. The molecule has 1 atom stereocenters. The van der Waals surface area contributed by atoms with Gasteiger partial charge in [0.05, 0.1) is 16.1 Å². The topological polar surface area (TPSA) is 25.2 Å². The summed E-state index contributed by atoms with van der Waals surface area (Å²) in [6, 6.07) is 7.66. The third kappa shape index (κ3) is 2.41. The predicted octanol–water partition coefficient (Wildman–Crippen LogP) is 4.51. The van der Waals surface area contributed by atoms with E-state index in [2.05, 4.69) is 5.32 Å². The van der Waals surface area contributed by atoms with Crippen molar-refractivity contribution >= 4 is 23.2 Å². The fourth-order valence-electron chi connectivity index (χ4n) is 2.16. The van der Waals surface area contributed by atoms with Crippen LogP contribution in [0.4, 0.5) is 0 Å². The van der Waals surface area contributed by atoms with Crippen LogP contribution in [-0.2, 0) is 0 Å². The van der Waals surface area contributed by atoms with Gasteiger partial charge in [-0.25, -0.2) is 0 Å². The van der Waals surface area contributed by atoms with E-state index < -0.39 is 0 Å². The second kappa shape index (κ2) is 5.35. The first-order valence-corrected chi connectivity index (χ1v) is 6.48. The first kappa shape index (κ1) is 13.5. The molecule has 0 spiro atoms. The Hall–Kier alpha value is -0.960. The van der Waals surface area contributed by atoms with E-state index >= 15 is 0 Å². The first-order chi connectivity index (χ1) is 8.54. The van der Waals surface area contributed by atoms with E-state index in [4.69, 9.17) is 27.6 Å². The molecule has 96 valence electrons. The van der Waals surface area contributed by atoms with Gasteiger partial charge in [-0.15, -0.1) is 0 Å². The zero-order valence-corrected chi connectivity index (χ0v) is 12.1. The fraction of sp³-hybridized carbons (Fsp3) is 0.286. The molecule has 0 saturated carbocycles. The summed E-state index contributed by atoms with van der Waals surface area (Å²) in [7, 11) is 1.89. The highest BCUT2D eigenvalue weighted by molar-refractivity contribution is 6.42. The highest BCUT2D eigenvalue weighted by Gasteiger charge is 2.20. The molecule has 2 rings (SSSR count). The van der Waals surface area contributed by atoms with Crippen molar-refractivity contribution < 1.29 is 4.42 Å². The Morgan fingerprint density at radius 1 is 1.17 bits per heavy atom. The zero-order valence-electron chi connectivity index (χ0n) is 10.6. The molecule has 0 bridgehead atoms. The maximum absolute atomic E-state index is 6.27. The molecule has 1 unspecified atom stereocenters. The molecule has 0 aliphatic carbocycles. The molecule has 1 aromatic heterocycles. The third-order valence-electron chi connectivity index (χ3n) is 2.97. The van der Waals surface area contributed by atoms with Crippen LogP contribution in [0.3, 0.4) is 0 Å². The number of halogens is 2. The Kier molecular flexibility index (Phi) is 4.00. The van der Waals surface area contributed by atoms with Crippen molar-refractivity contribution in [2.24, 2.45) is 0 Å². The molecule has 0 aliphatic heterocycles. The molecule has 2 nitrogen and oxygen atoms in total. The molecular formula is C14H15Cl2NO. The minimum Gasteiger partial charge on any atom is -0.466 e. The Morgan fingerprint density at radius 2 is 1.89 bits per heavy atom. The largest absolute Gasteiger partial charge is 0.466 e. The van der Waals surface area contributed by atoms with Crippen LogP contribution in [0.1, 0.15) is 28.7 Å². The van der Waals surface area contributed by atoms with Gasteiger partial charge in [0, 0.05) is 5.56 Å². The van der Waals surface area contributed by atoms with E-state index in [-0.39, 0.29) is 6.04 Å². The molecule has 0 amide bonds. The predicted molar refractivity (Wildman–Crippen MR) is 75.5 cm³/mol. The van der Waals surface area contributed by atoms with Gasteiger partial charge in [0.2, 0.25) is 0 Å². The lowest BCUT2D eigenvalue weighted by atomic mass is 9.99. The van der Waals surface area contributed by atoms with Crippen LogP contribution < -0.4 is 5.32 Å². The summed E-state index contributed by atoms with van der Waals surface area (Å²) in [6.07, 6.45) is 0. The summed E-state index contributed by atoms with van der Waals surface area (Å²) >= 11 is 12.3. The summed E-state index contributed by atoms with van der Waals surface area (Å²) < 4.78 is 5.57. The Bertz CT molecular complexity index is 563. The van der Waals surface area contributed by atoms with Crippen molar-refractivity contribution in [2.75, 3.05) is 7.05 Å². The molecule has 0 radical (unpaired) electrons. The Balaban J connectivity index is 2.52. The van der Waals surface area contributed by atoms with Crippen molar-refractivity contribution in [1.29, 1.82) is 0 Å². The fourth-order valence-corrected chi connectivity index (χ4v) is 2.58. The lowest BCUT2D eigenvalue weighted by Gasteiger charge is -2.18. The maximum atomic E-state index is 6.27. The smallest absolute Gasteiger partial charge is 0.106 e. The molecule has 4 heteroatoms. The van der Waals surface area contributed by atoms with Gasteiger partial charge >= 0.3 is 0 Å². The summed E-state index contributed by atoms with van der Waals surface area (Å²) in [5, 5.41) is 4.40. The van der Waals surface area contributed by atoms with Crippen LogP contribution in [0.15, 0.2) is 28.7 Å². The molecule has 2 aromatic rings. The van der Waals surface area contributed by atoms with Crippen LogP contribution >= 0.6 is 23.2 Å². The SMILES string of the molecule is CNC(c1cc(C)oc1C)c1cccc(Cl)c1Cl. The number of nitrogens with one attached hydrogen (secondary N) is 1. The van der Waals surface area contributed by atoms with Gasteiger partial charge in [0.25, 0.3) is 0 Å². The Labute approximate surface area is 117 Å². The summed E-state index contributed by atoms with van der Waals surface area (Å²) in [5.74, 6) is 1.78. The van der Waals surface area contributed by atoms with E-state index in [1.807, 2.05) is 39.1 Å². The van der Waals surface area contributed by atoms with Crippen molar-refractivity contribution in [3.05, 3.63) is 57.0 Å². The van der Waals surface area contributed by atoms with Crippen LogP contribution in [0.25, 0.3) is 0 Å². The van der Waals surface area contributed by atoms with Crippen LogP contribution in [-0.4, -0.2) is 7.05 Å². The highest BCUT2D eigenvalue weighted by atomic mass is 35.5. The van der Waals surface area contributed by atoms with Crippen LogP contribution in [0, 0.1) is 13.8 Å². The van der Waals surface area contributed by atoms with Gasteiger partial charge in [-0.2, -0.15) is 0 Å². The van der Waals surface area contributed by atoms with Gasteiger partial charge in [0.1, 0.15) is 11.5 Å². The standard InChI is InChI=1S/C14H15Cl2NO/c1-8-7-11(9(2)18-8)14(17-3)10-5-4-6-12(15)13(10)16/h4-7,14,17H,1-3H3. The average molecular weight is 284 g/mol. The highest BCUT2D eigenvalue weighted by Crippen LogP contribution is 2.34. The third-order valence-corrected chi connectivity index (χ3v) is 3.81. The van der Waals surface area contributed by atoms with Gasteiger partial charge in [0.15, 0.2) is 0 Å². The molecule has 0 saturated heterocycles. The molecular weight excluding hydrogens is 269 g/mol. The minimum absolute atomic E-state index is 0.0198. The zero-order chi connectivity index (χ0) is 13.3. The number of furan rings is 1. The van der Waals surface area contributed by atoms with Gasteiger partial charge in [-0.3, -0.25) is 0 Å². The van der Waals surface area contributed by atoms with E-state index in [1.54, 1.807) is 6.07 Å². The molecule has 1 aromatic carbocycles. The van der Waals surface area contributed by atoms with Crippen molar-refractivity contribution in [3.8, 4) is 0 Å². The quantitative estimate of drug-likeness (QED) is 0.897. The van der Waals surface area contributed by atoms with E-state index in [9.17, 15) is 0 Å². The summed E-state index contributed by atoms with van der Waals surface area (Å²) in [5.41, 5.74) is 2.04. The average Bonchev–Trinajstić information content (AvgIpc) is 2.65. The second-order valence-corrected chi connectivity index (χ2v) is 5.02. The number of rotatable bonds is 3. The lowest BCUT2D eigenvalue weighted by Crippen LogP contribution is -2.18. The number of hydrogen-bond donors (Lipinski definition) is 1. The van der Waals surface area contributed by atoms with Crippen molar-refractivity contribution in [1.82, 2.24) is 5.32 Å². The molecule has 1 heterocycles. The van der Waals surface area contributed by atoms with Gasteiger partial charge in [-0.05, 0) is 38.6 Å². The second-order valence-electron chi connectivity index (χ2n) is 4.23. The van der Waals surface area contributed by atoms with Crippen LogP contribution in [0.5, 0.6) is 0 Å². The maximum Gasteiger partial charge on any atom is 0.106 e. The lowest BCUT2D eigenvalue weighted by molar-refractivity contribution is 0.497. The van der Waals surface area contributed by atoms with E-state index in [1.165, 1.54) is 0 Å². The monoisotopic (exact) mass is 283 g/mol. The number of benzene rings is 1. The first-order valence-electron chi connectivity index (χ1n) is 5.72. The minimum atomic E-state index is -0.0198. The summed E-state index contributed by atoms with van der Waals surface area (Å²) in [6.45, 7) is 3.88. The molecule has 0 fully saturated rings. The summed E-state index contributed by atoms with van der Waals surface area (Å²) in [4.78, 5) is 0. The molecule has 1 N–H and O–H groups in total. The van der Waals surface area contributed by atoms with Gasteiger partial charge < -0.3 is 9.73 Å².